The van der Waals surface area contributed by atoms with Gasteiger partial charge in [0.05, 0.1) is 0 Å². The number of nitrogens with zero attached hydrogens (tertiary/aromatic N) is 4. The molecule has 29 heavy (non-hydrogen) atoms. The molecule has 3 rings (SSSR count). The summed E-state index contributed by atoms with van der Waals surface area (Å²) >= 11 is 0. The summed E-state index contributed by atoms with van der Waals surface area (Å²) in [4.78, 5) is 42.9. The summed E-state index contributed by atoms with van der Waals surface area (Å²) in [6, 6.07) is 2.52. The second-order valence-corrected chi connectivity index (χ2v) is 7.33. The maximum atomic E-state index is 13.1. The number of likely N-dealkylation sites (N-methyl/N-ethyl adjacent to an activating group) is 1. The minimum atomic E-state index is -1.29. The van der Waals surface area contributed by atoms with E-state index in [0.717, 1.165) is 10.4 Å². The van der Waals surface area contributed by atoms with Crippen LogP contribution in [0.3, 0.4) is 0 Å². The monoisotopic (exact) mass is 400 g/mol. The number of hydrogen-bond donors (Lipinski definition) is 2. The third-order valence-electron chi connectivity index (χ3n) is 5.18. The number of pyridine rings is 1. The summed E-state index contributed by atoms with van der Waals surface area (Å²) < 4.78 is 2.59. The molecule has 154 valence electrons. The summed E-state index contributed by atoms with van der Waals surface area (Å²) in [6.45, 7) is 4.68. The molecule has 10 nitrogen and oxygen atoms in total. The number of imidazole rings is 1. The standard InChI is InChI=1S/C19H24N6O4/c1-11-12(2)25(29)18(24(11)9-8-23(3)4)14(13-6-5-7-20-10-13)15-16(26)21-19(28)22-17(15)27/h5-7,10,14-15H,8-9H2,1-4H3,(H2,21,22,26,27,28). The Labute approximate surface area is 168 Å². The van der Waals surface area contributed by atoms with Crippen LogP contribution in [-0.2, 0) is 16.1 Å². The number of imide groups is 2. The normalized spacial score (nSPS) is 16.1. The van der Waals surface area contributed by atoms with Gasteiger partial charge in [0.1, 0.15) is 29.8 Å². The summed E-state index contributed by atoms with van der Waals surface area (Å²) in [7, 11) is 3.84. The zero-order valence-corrected chi connectivity index (χ0v) is 16.8. The van der Waals surface area contributed by atoms with E-state index in [9.17, 15) is 19.6 Å². The molecular formula is C19H24N6O4. The second kappa shape index (κ2) is 8.00. The lowest BCUT2D eigenvalue weighted by Crippen LogP contribution is -2.58. The molecule has 0 saturated carbocycles. The molecule has 1 saturated heterocycles. The van der Waals surface area contributed by atoms with Crippen LogP contribution in [-0.4, -0.2) is 52.9 Å². The van der Waals surface area contributed by atoms with Gasteiger partial charge in [-0.25, -0.2) is 14.1 Å². The van der Waals surface area contributed by atoms with E-state index in [2.05, 4.69) is 15.6 Å². The highest BCUT2D eigenvalue weighted by atomic mass is 16.5. The van der Waals surface area contributed by atoms with E-state index in [1.54, 1.807) is 25.3 Å². The highest BCUT2D eigenvalue weighted by Gasteiger charge is 2.47. The van der Waals surface area contributed by atoms with Crippen molar-refractivity contribution in [1.29, 1.82) is 0 Å². The average Bonchev–Trinajstić information content (AvgIpc) is 2.87. The van der Waals surface area contributed by atoms with Gasteiger partial charge in [0.25, 0.3) is 5.82 Å². The molecule has 1 aliphatic heterocycles. The van der Waals surface area contributed by atoms with Crippen LogP contribution >= 0.6 is 0 Å². The Morgan fingerprint density at radius 3 is 2.45 bits per heavy atom. The van der Waals surface area contributed by atoms with E-state index in [1.165, 1.54) is 6.20 Å². The quantitative estimate of drug-likeness (QED) is 0.394. The molecule has 0 bridgehead atoms. The maximum absolute atomic E-state index is 13.1. The average molecular weight is 400 g/mol. The number of aromatic nitrogens is 3. The first kappa shape index (κ1) is 20.5. The first-order valence-corrected chi connectivity index (χ1v) is 9.21. The molecule has 3 heterocycles. The zero-order valence-electron chi connectivity index (χ0n) is 16.8. The minimum Gasteiger partial charge on any atom is -0.711 e. The van der Waals surface area contributed by atoms with Gasteiger partial charge in [-0.15, -0.1) is 0 Å². The van der Waals surface area contributed by atoms with Gasteiger partial charge in [-0.2, -0.15) is 0 Å². The number of rotatable bonds is 6. The Hall–Kier alpha value is -3.27. The number of hydrogen-bond acceptors (Lipinski definition) is 6. The third-order valence-corrected chi connectivity index (χ3v) is 5.18. The summed E-state index contributed by atoms with van der Waals surface area (Å²) in [5.74, 6) is -3.43. The van der Waals surface area contributed by atoms with Crippen molar-refractivity contribution < 1.29 is 19.1 Å². The van der Waals surface area contributed by atoms with Gasteiger partial charge < -0.3 is 10.1 Å². The number of barbiturate groups is 1. The third kappa shape index (κ3) is 3.83. The first-order valence-electron chi connectivity index (χ1n) is 9.21. The van der Waals surface area contributed by atoms with Gasteiger partial charge in [0, 0.05) is 32.8 Å². The summed E-state index contributed by atoms with van der Waals surface area (Å²) in [5.41, 5.74) is 1.77. The van der Waals surface area contributed by atoms with E-state index < -0.39 is 29.7 Å². The molecule has 1 aliphatic rings. The maximum Gasteiger partial charge on any atom is 0.328 e. The van der Waals surface area contributed by atoms with Crippen LogP contribution in [0.15, 0.2) is 24.5 Å². The number of urea groups is 1. The second-order valence-electron chi connectivity index (χ2n) is 7.33. The molecule has 1 atom stereocenters. The highest BCUT2D eigenvalue weighted by Crippen LogP contribution is 2.33. The molecule has 0 radical (unpaired) electrons. The Balaban J connectivity index is 2.20. The van der Waals surface area contributed by atoms with Crippen LogP contribution in [0.1, 0.15) is 28.7 Å². The zero-order chi connectivity index (χ0) is 21.3. The molecular weight excluding hydrogens is 376 g/mol. The summed E-state index contributed by atoms with van der Waals surface area (Å²) in [6.07, 6.45) is 3.09. The lowest BCUT2D eigenvalue weighted by Gasteiger charge is -2.27. The fourth-order valence-electron chi connectivity index (χ4n) is 3.55. The van der Waals surface area contributed by atoms with Crippen molar-refractivity contribution in [2.24, 2.45) is 5.92 Å². The minimum absolute atomic E-state index is 0.263. The van der Waals surface area contributed by atoms with Gasteiger partial charge in [0.2, 0.25) is 11.8 Å². The summed E-state index contributed by atoms with van der Waals surface area (Å²) in [5, 5.41) is 17.4. The molecule has 0 spiro atoms. The Bertz CT molecular complexity index is 933. The van der Waals surface area contributed by atoms with Crippen molar-refractivity contribution in [1.82, 2.24) is 25.1 Å². The van der Waals surface area contributed by atoms with Crippen LogP contribution < -0.4 is 15.4 Å². The van der Waals surface area contributed by atoms with E-state index in [0.29, 0.717) is 24.3 Å². The molecule has 10 heteroatoms. The van der Waals surface area contributed by atoms with Gasteiger partial charge in [-0.05, 0) is 25.7 Å². The van der Waals surface area contributed by atoms with E-state index >= 15 is 0 Å². The Morgan fingerprint density at radius 2 is 1.90 bits per heavy atom. The van der Waals surface area contributed by atoms with Crippen molar-refractivity contribution in [3.63, 3.8) is 0 Å². The van der Waals surface area contributed by atoms with Crippen molar-refractivity contribution >= 4 is 17.8 Å². The van der Waals surface area contributed by atoms with Crippen LogP contribution in [0.4, 0.5) is 4.79 Å². The van der Waals surface area contributed by atoms with Crippen LogP contribution in [0, 0.1) is 25.0 Å². The van der Waals surface area contributed by atoms with E-state index in [-0.39, 0.29) is 5.82 Å². The van der Waals surface area contributed by atoms with Gasteiger partial charge in [0.15, 0.2) is 0 Å². The molecule has 4 amide bonds. The fourth-order valence-corrected chi connectivity index (χ4v) is 3.55. The molecule has 1 unspecified atom stereocenters. The van der Waals surface area contributed by atoms with E-state index in [4.69, 9.17) is 0 Å². The van der Waals surface area contributed by atoms with Crippen LogP contribution in [0.5, 0.6) is 0 Å². The molecule has 0 aliphatic carbocycles. The lowest BCUT2D eigenvalue weighted by atomic mass is 9.83. The largest absolute Gasteiger partial charge is 0.711 e. The SMILES string of the molecule is Cc1c(C)[n+]([O-])c(C(c2cccnc2)C2C(=O)NC(=O)NC2=O)n1CCN(C)C. The van der Waals surface area contributed by atoms with Crippen LogP contribution in [0.25, 0.3) is 0 Å². The fraction of sp³-hybridized carbons (Fsp3) is 0.421. The molecule has 1 fully saturated rings. The number of amides is 4. The predicted molar refractivity (Wildman–Crippen MR) is 103 cm³/mol. The van der Waals surface area contributed by atoms with Gasteiger partial charge in [-0.3, -0.25) is 25.2 Å². The number of nitrogens with one attached hydrogen (secondary N) is 2. The molecule has 2 aromatic rings. The van der Waals surface area contributed by atoms with Crippen LogP contribution in [0.2, 0.25) is 0 Å². The number of carbonyl (C=O) groups excluding carboxylic acids is 3. The van der Waals surface area contributed by atoms with Crippen molar-refractivity contribution in [3.05, 3.63) is 52.5 Å². The van der Waals surface area contributed by atoms with Crippen molar-refractivity contribution in [2.45, 2.75) is 26.3 Å². The first-order chi connectivity index (χ1) is 13.7. The predicted octanol–water partition coefficient (Wildman–Crippen LogP) is -0.191. The Kier molecular flexibility index (Phi) is 5.64. The topological polar surface area (TPSA) is 123 Å². The highest BCUT2D eigenvalue weighted by molar-refractivity contribution is 6.16. The Morgan fingerprint density at radius 1 is 1.24 bits per heavy atom. The smallest absolute Gasteiger partial charge is 0.328 e. The number of carbonyl (C=O) groups is 3. The van der Waals surface area contributed by atoms with E-state index in [1.807, 2.05) is 30.5 Å². The molecule has 2 N–H and O–H groups in total. The van der Waals surface area contributed by atoms with Crippen molar-refractivity contribution in [2.75, 3.05) is 20.6 Å². The molecule has 2 aromatic heterocycles. The van der Waals surface area contributed by atoms with Crippen molar-refractivity contribution in [3.8, 4) is 0 Å². The lowest BCUT2D eigenvalue weighted by molar-refractivity contribution is -0.621. The van der Waals surface area contributed by atoms with Gasteiger partial charge in [-0.1, -0.05) is 6.07 Å². The molecule has 0 aromatic carbocycles. The van der Waals surface area contributed by atoms with Gasteiger partial charge >= 0.3 is 6.03 Å².